The van der Waals surface area contributed by atoms with Gasteiger partial charge in [-0.1, -0.05) is 51.1 Å². The molecule has 3 aromatic rings. The molecule has 1 saturated heterocycles. The predicted octanol–water partition coefficient (Wildman–Crippen LogP) is 3.95. The molecule has 1 aromatic carbocycles. The second kappa shape index (κ2) is 7.53. The van der Waals surface area contributed by atoms with Gasteiger partial charge in [0.2, 0.25) is 0 Å². The fraction of sp³-hybridized carbons (Fsp3) is 0.455. The van der Waals surface area contributed by atoms with Gasteiger partial charge in [-0.25, -0.2) is 9.50 Å². The summed E-state index contributed by atoms with van der Waals surface area (Å²) in [5.41, 5.74) is 8.40. The number of nitrogen functional groups attached to an aromatic ring is 1. The molecule has 148 valence electrons. The Morgan fingerprint density at radius 2 is 1.96 bits per heavy atom. The van der Waals surface area contributed by atoms with E-state index in [1.807, 2.05) is 34.8 Å². The first kappa shape index (κ1) is 18.9. The summed E-state index contributed by atoms with van der Waals surface area (Å²) in [4.78, 5) is 4.11. The molecule has 0 spiro atoms. The molecule has 1 aliphatic heterocycles. The van der Waals surface area contributed by atoms with E-state index in [0.717, 1.165) is 29.6 Å². The number of fused-ring (bicyclic) bond motifs is 1. The molecule has 0 saturated carbocycles. The average Bonchev–Trinajstić information content (AvgIpc) is 3.28. The second-order valence-corrected chi connectivity index (χ2v) is 7.54. The fourth-order valence-electron chi connectivity index (χ4n) is 4.51. The summed E-state index contributed by atoms with van der Waals surface area (Å²) in [6.07, 6.45) is 3.25. The van der Waals surface area contributed by atoms with Crippen molar-refractivity contribution in [3.8, 4) is 0 Å². The first-order valence-electron chi connectivity index (χ1n) is 10.0. The van der Waals surface area contributed by atoms with Crippen LogP contribution in [0.25, 0.3) is 5.52 Å². The maximum absolute atomic E-state index is 6.71. The third kappa shape index (κ3) is 2.97. The van der Waals surface area contributed by atoms with Crippen molar-refractivity contribution in [1.29, 1.82) is 0 Å². The van der Waals surface area contributed by atoms with Gasteiger partial charge in [0.05, 0.1) is 24.5 Å². The number of rotatable bonds is 6. The molecule has 0 bridgehead atoms. The van der Waals surface area contributed by atoms with Crippen LogP contribution >= 0.6 is 0 Å². The van der Waals surface area contributed by atoms with Gasteiger partial charge in [-0.05, 0) is 30.5 Å². The lowest BCUT2D eigenvalue weighted by Crippen LogP contribution is -2.41. The van der Waals surface area contributed by atoms with E-state index < -0.39 is 5.60 Å². The van der Waals surface area contributed by atoms with Crippen molar-refractivity contribution in [2.75, 3.05) is 5.73 Å². The van der Waals surface area contributed by atoms with Gasteiger partial charge < -0.3 is 15.2 Å². The first-order valence-corrected chi connectivity index (χ1v) is 10.0. The lowest BCUT2D eigenvalue weighted by Gasteiger charge is -2.34. The summed E-state index contributed by atoms with van der Waals surface area (Å²) in [5, 5.41) is 4.46. The van der Waals surface area contributed by atoms with Gasteiger partial charge in [0.1, 0.15) is 17.4 Å². The molecular weight excluding hydrogens is 352 g/mol. The Morgan fingerprint density at radius 3 is 2.68 bits per heavy atom. The van der Waals surface area contributed by atoms with Crippen LogP contribution in [0.2, 0.25) is 0 Å². The summed E-state index contributed by atoms with van der Waals surface area (Å²) in [5.74, 6) is 0.728. The molecule has 6 heteroatoms. The minimum atomic E-state index is -0.581. The van der Waals surface area contributed by atoms with Crippen molar-refractivity contribution in [2.24, 2.45) is 5.92 Å². The lowest BCUT2D eigenvalue weighted by atomic mass is 9.84. The topological polar surface area (TPSA) is 74.7 Å². The molecule has 1 fully saturated rings. The summed E-state index contributed by atoms with van der Waals surface area (Å²) < 4.78 is 15.1. The van der Waals surface area contributed by atoms with Gasteiger partial charge in [-0.15, -0.1) is 0 Å². The van der Waals surface area contributed by atoms with Gasteiger partial charge in [-0.3, -0.25) is 0 Å². The normalized spacial score (nSPS) is 27.5. The largest absolute Gasteiger partial charge is 0.382 e. The average molecular weight is 380 g/mol. The molecule has 0 radical (unpaired) electrons. The quantitative estimate of drug-likeness (QED) is 0.701. The van der Waals surface area contributed by atoms with Crippen molar-refractivity contribution in [3.63, 3.8) is 0 Å². The number of nitrogens with zero attached hydrogens (tertiary/aromatic N) is 3. The minimum absolute atomic E-state index is 0.0862. The van der Waals surface area contributed by atoms with Gasteiger partial charge in [-0.2, -0.15) is 5.10 Å². The smallest absolute Gasteiger partial charge is 0.151 e. The van der Waals surface area contributed by atoms with Crippen molar-refractivity contribution in [3.05, 3.63) is 60.0 Å². The van der Waals surface area contributed by atoms with Crippen LogP contribution in [0.4, 0.5) is 5.82 Å². The molecule has 0 aliphatic carbocycles. The second-order valence-electron chi connectivity index (χ2n) is 7.54. The van der Waals surface area contributed by atoms with Crippen LogP contribution in [-0.2, 0) is 21.7 Å². The number of benzene rings is 1. The third-order valence-electron chi connectivity index (χ3n) is 6.00. The van der Waals surface area contributed by atoms with Crippen molar-refractivity contribution in [1.82, 2.24) is 14.6 Å². The van der Waals surface area contributed by atoms with E-state index in [2.05, 4.69) is 43.0 Å². The number of ether oxygens (including phenoxy) is 2. The summed E-state index contributed by atoms with van der Waals surface area (Å²) in [6.45, 7) is 7.09. The van der Waals surface area contributed by atoms with E-state index in [1.165, 1.54) is 6.33 Å². The molecule has 4 atom stereocenters. The van der Waals surface area contributed by atoms with Crippen LogP contribution in [-0.4, -0.2) is 26.8 Å². The zero-order valence-corrected chi connectivity index (χ0v) is 16.7. The zero-order chi connectivity index (χ0) is 19.7. The zero-order valence-electron chi connectivity index (χ0n) is 16.7. The van der Waals surface area contributed by atoms with Crippen LogP contribution in [0.15, 0.2) is 48.8 Å². The Morgan fingerprint density at radius 1 is 1.18 bits per heavy atom. The van der Waals surface area contributed by atoms with E-state index in [9.17, 15) is 0 Å². The minimum Gasteiger partial charge on any atom is -0.382 e. The van der Waals surface area contributed by atoms with Crippen LogP contribution in [0.3, 0.4) is 0 Å². The third-order valence-corrected chi connectivity index (χ3v) is 6.00. The highest BCUT2D eigenvalue weighted by molar-refractivity contribution is 5.65. The predicted molar refractivity (Wildman–Crippen MR) is 109 cm³/mol. The van der Waals surface area contributed by atoms with Gasteiger partial charge in [0, 0.05) is 5.92 Å². The molecule has 1 unspecified atom stereocenters. The molecule has 6 nitrogen and oxygen atoms in total. The maximum Gasteiger partial charge on any atom is 0.151 e. The molecule has 28 heavy (non-hydrogen) atoms. The SMILES string of the molecule is CC[C@H]1O[C@](CC)(c2ccc3c(N)ncnn23)[C@@H](OCc2ccccc2)C1C. The molecule has 2 aromatic heterocycles. The Balaban J connectivity index is 1.75. The number of nitrogens with two attached hydrogens (primary N) is 1. The highest BCUT2D eigenvalue weighted by Gasteiger charge is 2.54. The standard InChI is InChI=1S/C22H28N4O2/c1-4-18-15(3)20(27-13-16-9-7-6-8-10-16)22(5-2,28-18)19-12-11-17-21(23)24-14-25-26(17)19/h6-12,14-15,18,20H,4-5,13H2,1-3H3,(H2,23,24,25)/t15?,18-,20+,22-/m1/s1. The van der Waals surface area contributed by atoms with Crippen molar-refractivity contribution < 1.29 is 9.47 Å². The van der Waals surface area contributed by atoms with Crippen LogP contribution < -0.4 is 5.73 Å². The highest BCUT2D eigenvalue weighted by atomic mass is 16.6. The molecule has 4 rings (SSSR count). The lowest BCUT2D eigenvalue weighted by molar-refractivity contribution is -0.120. The van der Waals surface area contributed by atoms with Gasteiger partial charge in [0.15, 0.2) is 5.82 Å². The molecule has 3 heterocycles. The molecule has 0 amide bonds. The van der Waals surface area contributed by atoms with Gasteiger partial charge in [0.25, 0.3) is 0 Å². The Labute approximate surface area is 165 Å². The first-order chi connectivity index (χ1) is 13.6. The molecule has 1 aliphatic rings. The van der Waals surface area contributed by atoms with Crippen LogP contribution in [0.1, 0.15) is 44.9 Å². The summed E-state index contributed by atoms with van der Waals surface area (Å²) in [6, 6.07) is 14.3. The van der Waals surface area contributed by atoms with E-state index in [1.54, 1.807) is 0 Å². The van der Waals surface area contributed by atoms with E-state index in [-0.39, 0.29) is 18.1 Å². The van der Waals surface area contributed by atoms with Gasteiger partial charge >= 0.3 is 0 Å². The summed E-state index contributed by atoms with van der Waals surface area (Å²) in [7, 11) is 0. The number of anilines is 1. The molecule has 2 N–H and O–H groups in total. The van der Waals surface area contributed by atoms with E-state index in [4.69, 9.17) is 15.2 Å². The number of hydrogen-bond acceptors (Lipinski definition) is 5. The Hall–Kier alpha value is -2.44. The summed E-state index contributed by atoms with van der Waals surface area (Å²) >= 11 is 0. The van der Waals surface area contributed by atoms with Crippen molar-refractivity contribution in [2.45, 2.75) is 58.0 Å². The highest BCUT2D eigenvalue weighted by Crippen LogP contribution is 2.48. The monoisotopic (exact) mass is 380 g/mol. The van der Waals surface area contributed by atoms with E-state index >= 15 is 0 Å². The Kier molecular flexibility index (Phi) is 5.08. The fourth-order valence-corrected chi connectivity index (χ4v) is 4.51. The van der Waals surface area contributed by atoms with Crippen LogP contribution in [0, 0.1) is 5.92 Å². The van der Waals surface area contributed by atoms with E-state index in [0.29, 0.717) is 12.4 Å². The van der Waals surface area contributed by atoms with Crippen LogP contribution in [0.5, 0.6) is 0 Å². The maximum atomic E-state index is 6.71. The molecular formula is C22H28N4O2. The van der Waals surface area contributed by atoms with Crippen molar-refractivity contribution >= 4 is 11.3 Å². The Bertz CT molecular complexity index is 942. The number of hydrogen-bond donors (Lipinski definition) is 1. The number of aromatic nitrogens is 3.